The Morgan fingerprint density at radius 3 is 3.00 bits per heavy atom. The van der Waals surface area contributed by atoms with Gasteiger partial charge in [0, 0.05) is 29.8 Å². The van der Waals surface area contributed by atoms with Crippen LogP contribution in [0, 0.1) is 17.7 Å². The molecular weight excluding hydrogens is 475 g/mol. The van der Waals surface area contributed by atoms with Crippen LogP contribution < -0.4 is 4.74 Å². The first kappa shape index (κ1) is 24.9. The van der Waals surface area contributed by atoms with E-state index in [0.29, 0.717) is 29.6 Å². The van der Waals surface area contributed by atoms with Crippen LogP contribution in [-0.4, -0.2) is 58.6 Å². The summed E-state index contributed by atoms with van der Waals surface area (Å²) in [5.41, 5.74) is 0.771. The largest absolute Gasteiger partial charge is 0.497 e. The standard InChI is InChI=1S/C25H29FN2O4S2/c1-32-17-5-6-21-18(13-17)24(20(26)14-27-21)22(29)7-4-16-8-9-28(15-19(16)25(30)31)10-12-34-23-3-2-11-33-23/h2-3,5-6,11,13-14,16,19,22,29H,4,7-10,12,15H2,1H3,(H,30,31)/t16?,19-,22-/m1/s1. The number of carbonyl (C=O) groups is 1. The van der Waals surface area contributed by atoms with E-state index in [1.165, 1.54) is 11.3 Å². The molecule has 0 radical (unpaired) electrons. The van der Waals surface area contributed by atoms with Crippen molar-refractivity contribution in [1.29, 1.82) is 0 Å². The van der Waals surface area contributed by atoms with Crippen LogP contribution in [0.4, 0.5) is 4.39 Å². The molecule has 1 saturated heterocycles. The molecule has 0 aliphatic carbocycles. The molecule has 6 nitrogen and oxygen atoms in total. The predicted molar refractivity (Wildman–Crippen MR) is 133 cm³/mol. The lowest BCUT2D eigenvalue weighted by Crippen LogP contribution is -2.44. The molecule has 1 aliphatic rings. The van der Waals surface area contributed by atoms with Crippen LogP contribution in [0.5, 0.6) is 5.75 Å². The Morgan fingerprint density at radius 2 is 2.26 bits per heavy atom. The van der Waals surface area contributed by atoms with Gasteiger partial charge in [0.15, 0.2) is 0 Å². The highest BCUT2D eigenvalue weighted by molar-refractivity contribution is 8.01. The Hall–Kier alpha value is -2.20. The molecule has 1 unspecified atom stereocenters. The summed E-state index contributed by atoms with van der Waals surface area (Å²) in [6, 6.07) is 9.28. The first-order chi connectivity index (χ1) is 16.5. The first-order valence-electron chi connectivity index (χ1n) is 11.4. The minimum atomic E-state index is -1.05. The molecule has 2 aromatic heterocycles. The molecule has 9 heteroatoms. The monoisotopic (exact) mass is 504 g/mol. The number of carboxylic acids is 1. The maximum Gasteiger partial charge on any atom is 0.308 e. The SMILES string of the molecule is COc1ccc2ncc(F)c([C@H](O)CCC3CCN(CCSc4cccs4)C[C@H]3C(=O)O)c2c1. The fourth-order valence-electron chi connectivity index (χ4n) is 4.67. The number of likely N-dealkylation sites (tertiary alicyclic amines) is 1. The van der Waals surface area contributed by atoms with Crippen LogP contribution in [0.2, 0.25) is 0 Å². The van der Waals surface area contributed by atoms with Crippen molar-refractivity contribution < 1.29 is 24.1 Å². The number of rotatable bonds is 10. The minimum Gasteiger partial charge on any atom is -0.497 e. The highest BCUT2D eigenvalue weighted by atomic mass is 32.2. The average molecular weight is 505 g/mol. The number of carboxylic acid groups (broad SMARTS) is 1. The molecule has 3 aromatic rings. The minimum absolute atomic E-state index is 0.0564. The zero-order chi connectivity index (χ0) is 24.1. The number of halogens is 1. The van der Waals surface area contributed by atoms with Gasteiger partial charge in [-0.25, -0.2) is 4.39 Å². The number of aromatic nitrogens is 1. The third kappa shape index (κ3) is 5.89. The van der Waals surface area contributed by atoms with Crippen LogP contribution >= 0.6 is 23.1 Å². The van der Waals surface area contributed by atoms with Gasteiger partial charge in [-0.05, 0) is 61.4 Å². The van der Waals surface area contributed by atoms with Gasteiger partial charge in [-0.1, -0.05) is 6.07 Å². The quantitative estimate of drug-likeness (QED) is 0.373. The second kappa shape index (κ2) is 11.5. The number of aliphatic hydroxyl groups is 1. The number of pyridine rings is 1. The summed E-state index contributed by atoms with van der Waals surface area (Å²) in [6.07, 6.45) is 1.63. The highest BCUT2D eigenvalue weighted by Gasteiger charge is 2.34. The van der Waals surface area contributed by atoms with Crippen molar-refractivity contribution in [2.45, 2.75) is 29.6 Å². The van der Waals surface area contributed by atoms with Crippen LogP contribution in [0.3, 0.4) is 0 Å². The maximum atomic E-state index is 14.7. The van der Waals surface area contributed by atoms with Crippen molar-refractivity contribution in [3.05, 3.63) is 53.3 Å². The number of ether oxygens (including phenoxy) is 1. The summed E-state index contributed by atoms with van der Waals surface area (Å²) in [5, 5.41) is 23.3. The number of methoxy groups -OCH3 is 1. The average Bonchev–Trinajstić information content (AvgIpc) is 3.36. The molecule has 182 valence electrons. The van der Waals surface area contributed by atoms with E-state index >= 15 is 0 Å². The van der Waals surface area contributed by atoms with Gasteiger partial charge < -0.3 is 19.8 Å². The maximum absolute atomic E-state index is 14.7. The number of benzene rings is 1. The smallest absolute Gasteiger partial charge is 0.308 e. The molecule has 34 heavy (non-hydrogen) atoms. The van der Waals surface area contributed by atoms with E-state index in [4.69, 9.17) is 4.74 Å². The zero-order valence-electron chi connectivity index (χ0n) is 19.0. The number of hydrogen-bond acceptors (Lipinski definition) is 7. The molecular formula is C25H29FN2O4S2. The molecule has 2 N–H and O–H groups in total. The number of piperidine rings is 1. The van der Waals surface area contributed by atoms with Crippen LogP contribution in [0.25, 0.3) is 10.9 Å². The summed E-state index contributed by atoms with van der Waals surface area (Å²) in [5.74, 6) is -0.440. The van der Waals surface area contributed by atoms with E-state index in [0.717, 1.165) is 31.5 Å². The van der Waals surface area contributed by atoms with E-state index in [1.54, 1.807) is 41.3 Å². The fourth-order valence-corrected chi connectivity index (χ4v) is 6.53. The number of hydrogen-bond donors (Lipinski definition) is 2. The van der Waals surface area contributed by atoms with E-state index in [-0.39, 0.29) is 17.9 Å². The van der Waals surface area contributed by atoms with Gasteiger partial charge in [-0.3, -0.25) is 9.78 Å². The third-order valence-electron chi connectivity index (χ3n) is 6.52. The van der Waals surface area contributed by atoms with Crippen LogP contribution in [0.1, 0.15) is 30.9 Å². The van der Waals surface area contributed by atoms with Crippen molar-refractivity contribution in [1.82, 2.24) is 9.88 Å². The van der Waals surface area contributed by atoms with Crippen molar-refractivity contribution in [3.8, 4) is 5.75 Å². The number of thioether (sulfide) groups is 1. The number of aliphatic carboxylic acids is 1. The normalized spacial score (nSPS) is 19.9. The topological polar surface area (TPSA) is 82.9 Å². The summed E-state index contributed by atoms with van der Waals surface area (Å²) < 4.78 is 21.2. The predicted octanol–water partition coefficient (Wildman–Crippen LogP) is 5.07. The number of aliphatic hydroxyl groups excluding tert-OH is 1. The van der Waals surface area contributed by atoms with Gasteiger partial charge in [0.25, 0.3) is 0 Å². The Kier molecular flexibility index (Phi) is 8.41. The third-order valence-corrected chi connectivity index (χ3v) is 8.63. The van der Waals surface area contributed by atoms with E-state index in [2.05, 4.69) is 21.3 Å². The highest BCUT2D eigenvalue weighted by Crippen LogP contribution is 2.35. The summed E-state index contributed by atoms with van der Waals surface area (Å²) in [7, 11) is 1.53. The van der Waals surface area contributed by atoms with Crippen molar-refractivity contribution in [2.75, 3.05) is 32.5 Å². The molecule has 0 amide bonds. The number of fused-ring (bicyclic) bond motifs is 1. The lowest BCUT2D eigenvalue weighted by atomic mass is 9.81. The molecule has 0 spiro atoms. The Morgan fingerprint density at radius 1 is 1.41 bits per heavy atom. The molecule has 0 saturated carbocycles. The van der Waals surface area contributed by atoms with E-state index in [9.17, 15) is 19.4 Å². The van der Waals surface area contributed by atoms with Crippen molar-refractivity contribution in [2.24, 2.45) is 11.8 Å². The van der Waals surface area contributed by atoms with Crippen molar-refractivity contribution >= 4 is 40.0 Å². The Balaban J connectivity index is 1.38. The van der Waals surface area contributed by atoms with Gasteiger partial charge in [0.2, 0.25) is 0 Å². The number of thiophene rings is 1. The second-order valence-electron chi connectivity index (χ2n) is 8.57. The molecule has 1 fully saturated rings. The number of nitrogens with zero attached hydrogens (tertiary/aromatic N) is 2. The zero-order valence-corrected chi connectivity index (χ0v) is 20.7. The molecule has 1 aromatic carbocycles. The summed E-state index contributed by atoms with van der Waals surface area (Å²) >= 11 is 3.51. The summed E-state index contributed by atoms with van der Waals surface area (Å²) in [4.78, 5) is 18.3. The lowest BCUT2D eigenvalue weighted by Gasteiger charge is -2.36. The van der Waals surface area contributed by atoms with Crippen LogP contribution in [0.15, 0.2) is 46.1 Å². The molecule has 0 bridgehead atoms. The van der Waals surface area contributed by atoms with Gasteiger partial charge >= 0.3 is 5.97 Å². The lowest BCUT2D eigenvalue weighted by molar-refractivity contribution is -0.146. The first-order valence-corrected chi connectivity index (χ1v) is 13.2. The van der Waals surface area contributed by atoms with Gasteiger partial charge in [-0.15, -0.1) is 23.1 Å². The second-order valence-corrected chi connectivity index (χ2v) is 10.9. The Labute approximate surface area is 206 Å². The van der Waals surface area contributed by atoms with Gasteiger partial charge in [0.05, 0.1) is 35.1 Å². The van der Waals surface area contributed by atoms with Crippen molar-refractivity contribution in [3.63, 3.8) is 0 Å². The van der Waals surface area contributed by atoms with Gasteiger partial charge in [-0.2, -0.15) is 0 Å². The molecule has 3 heterocycles. The van der Waals surface area contributed by atoms with E-state index in [1.807, 2.05) is 6.07 Å². The molecule has 3 atom stereocenters. The van der Waals surface area contributed by atoms with Gasteiger partial charge in [0.1, 0.15) is 11.6 Å². The summed E-state index contributed by atoms with van der Waals surface area (Å²) in [6.45, 7) is 2.18. The fraction of sp³-hybridized carbons (Fsp3) is 0.440. The molecule has 1 aliphatic heterocycles. The van der Waals surface area contributed by atoms with Crippen LogP contribution in [-0.2, 0) is 4.79 Å². The Bertz CT molecular complexity index is 1110. The molecule has 4 rings (SSSR count). The van der Waals surface area contributed by atoms with E-state index < -0.39 is 23.8 Å².